The normalized spacial score (nSPS) is 13.6. The van der Waals surface area contributed by atoms with Gasteiger partial charge in [0.05, 0.1) is 0 Å². The Kier molecular flexibility index (Phi) is 2.16. The van der Waals surface area contributed by atoms with Crippen LogP contribution in [0, 0.1) is 17.5 Å². The molecule has 1 aromatic rings. The number of cyclic esters (lactones) is 2. The zero-order chi connectivity index (χ0) is 12.9. The highest BCUT2D eigenvalue weighted by molar-refractivity contribution is 6.15. The van der Waals surface area contributed by atoms with Gasteiger partial charge in [-0.25, -0.2) is 27.6 Å². The maximum absolute atomic E-state index is 13.4. The standard InChI is InChI=1S/C9HF3O5/c10-4-1-2(9(16)17-8(1)15)5(11)6(12)3(4)7(13)14/h(H,13,14). The Balaban J connectivity index is 2.94. The highest BCUT2D eigenvalue weighted by atomic mass is 19.2. The van der Waals surface area contributed by atoms with Gasteiger partial charge >= 0.3 is 17.9 Å². The highest BCUT2D eigenvalue weighted by Gasteiger charge is 2.41. The fraction of sp³-hybridized carbons (Fsp3) is 0. The van der Waals surface area contributed by atoms with Crippen LogP contribution >= 0.6 is 0 Å². The summed E-state index contributed by atoms with van der Waals surface area (Å²) in [5.74, 6) is -11.0. The van der Waals surface area contributed by atoms with Gasteiger partial charge in [-0.3, -0.25) is 0 Å². The molecule has 0 spiro atoms. The maximum Gasteiger partial charge on any atom is 0.350 e. The molecule has 0 fully saturated rings. The Hall–Kier alpha value is -2.38. The summed E-state index contributed by atoms with van der Waals surface area (Å²) < 4.78 is 43.7. The van der Waals surface area contributed by atoms with E-state index in [0.29, 0.717) is 0 Å². The molecule has 0 atom stereocenters. The lowest BCUT2D eigenvalue weighted by Crippen LogP contribution is -2.13. The molecule has 0 unspecified atom stereocenters. The van der Waals surface area contributed by atoms with Crippen molar-refractivity contribution in [1.82, 2.24) is 0 Å². The van der Waals surface area contributed by atoms with Crippen LogP contribution in [0.25, 0.3) is 0 Å². The van der Waals surface area contributed by atoms with Gasteiger partial charge in [-0.2, -0.15) is 0 Å². The van der Waals surface area contributed by atoms with Crippen LogP contribution in [0.2, 0.25) is 0 Å². The number of esters is 2. The number of hydrogen-bond acceptors (Lipinski definition) is 4. The number of benzene rings is 1. The van der Waals surface area contributed by atoms with E-state index in [-0.39, 0.29) is 0 Å². The SMILES string of the molecule is O=C(O)c1c(F)c(F)c2c(c1F)C(=O)OC2=O. The van der Waals surface area contributed by atoms with Gasteiger partial charge in [-0.05, 0) is 0 Å². The third-order valence-corrected chi connectivity index (χ3v) is 2.13. The van der Waals surface area contributed by atoms with Gasteiger partial charge in [0.25, 0.3) is 0 Å². The Morgan fingerprint density at radius 2 is 1.41 bits per heavy atom. The summed E-state index contributed by atoms with van der Waals surface area (Å²) in [6.07, 6.45) is 0. The minimum absolute atomic E-state index is 1.20. The molecule has 2 rings (SSSR count). The summed E-state index contributed by atoms with van der Waals surface area (Å²) in [7, 11) is 0. The smallest absolute Gasteiger partial charge is 0.350 e. The van der Waals surface area contributed by atoms with Crippen molar-refractivity contribution in [2.45, 2.75) is 0 Å². The van der Waals surface area contributed by atoms with Crippen molar-refractivity contribution in [3.8, 4) is 0 Å². The fourth-order valence-corrected chi connectivity index (χ4v) is 1.42. The minimum atomic E-state index is -2.10. The topological polar surface area (TPSA) is 80.7 Å². The number of halogens is 3. The molecule has 0 saturated heterocycles. The van der Waals surface area contributed by atoms with Crippen LogP contribution < -0.4 is 0 Å². The van der Waals surface area contributed by atoms with Crippen LogP contribution in [0.15, 0.2) is 0 Å². The molecular formula is C9HF3O5. The van der Waals surface area contributed by atoms with Gasteiger partial charge < -0.3 is 9.84 Å². The lowest BCUT2D eigenvalue weighted by atomic mass is 10.0. The second-order valence-electron chi connectivity index (χ2n) is 3.05. The Morgan fingerprint density at radius 3 is 1.88 bits per heavy atom. The van der Waals surface area contributed by atoms with Crippen LogP contribution in [0.5, 0.6) is 0 Å². The van der Waals surface area contributed by atoms with Gasteiger partial charge in [0.2, 0.25) is 0 Å². The van der Waals surface area contributed by atoms with E-state index in [1.165, 1.54) is 0 Å². The van der Waals surface area contributed by atoms with E-state index in [9.17, 15) is 27.6 Å². The molecule has 1 aliphatic heterocycles. The summed E-state index contributed by atoms with van der Waals surface area (Å²) in [4.78, 5) is 32.4. The van der Waals surface area contributed by atoms with E-state index < -0.39 is 52.0 Å². The van der Waals surface area contributed by atoms with Crippen LogP contribution in [-0.4, -0.2) is 23.0 Å². The van der Waals surface area contributed by atoms with Crippen molar-refractivity contribution in [1.29, 1.82) is 0 Å². The van der Waals surface area contributed by atoms with Crippen molar-refractivity contribution in [2.75, 3.05) is 0 Å². The molecule has 8 heteroatoms. The van der Waals surface area contributed by atoms with Gasteiger partial charge in [0.15, 0.2) is 17.5 Å². The molecule has 5 nitrogen and oxygen atoms in total. The predicted octanol–water partition coefficient (Wildman–Crippen LogP) is 1.11. The van der Waals surface area contributed by atoms with Crippen LogP contribution in [0.1, 0.15) is 31.1 Å². The van der Waals surface area contributed by atoms with E-state index >= 15 is 0 Å². The van der Waals surface area contributed by atoms with Crippen molar-refractivity contribution >= 4 is 17.9 Å². The largest absolute Gasteiger partial charge is 0.477 e. The third-order valence-electron chi connectivity index (χ3n) is 2.13. The molecule has 1 aliphatic rings. The average Bonchev–Trinajstić information content (AvgIpc) is 2.50. The molecule has 88 valence electrons. The van der Waals surface area contributed by atoms with Gasteiger partial charge in [0, 0.05) is 0 Å². The lowest BCUT2D eigenvalue weighted by Gasteiger charge is -2.04. The van der Waals surface area contributed by atoms with Crippen molar-refractivity contribution in [3.05, 3.63) is 34.1 Å². The highest BCUT2D eigenvalue weighted by Crippen LogP contribution is 2.30. The number of fused-ring (bicyclic) bond motifs is 1. The zero-order valence-electron chi connectivity index (χ0n) is 7.71. The summed E-state index contributed by atoms with van der Waals surface area (Å²) in [6, 6.07) is 0. The Labute approximate surface area is 90.4 Å². The fourth-order valence-electron chi connectivity index (χ4n) is 1.42. The van der Waals surface area contributed by atoms with Crippen LogP contribution in [-0.2, 0) is 4.74 Å². The molecule has 0 saturated carbocycles. The summed E-state index contributed by atoms with van der Waals surface area (Å²) >= 11 is 0. The third kappa shape index (κ3) is 1.30. The summed E-state index contributed by atoms with van der Waals surface area (Å²) in [5, 5.41) is 8.47. The van der Waals surface area contributed by atoms with Crippen molar-refractivity contribution in [3.63, 3.8) is 0 Å². The number of carboxylic acids is 1. The van der Waals surface area contributed by atoms with E-state index in [1.807, 2.05) is 0 Å². The molecule has 0 amide bonds. The molecule has 0 aromatic heterocycles. The quantitative estimate of drug-likeness (QED) is 0.456. The first-order chi connectivity index (χ1) is 7.86. The minimum Gasteiger partial charge on any atom is -0.477 e. The molecule has 1 N–H and O–H groups in total. The van der Waals surface area contributed by atoms with Crippen molar-refractivity contribution < 1.29 is 37.4 Å². The lowest BCUT2D eigenvalue weighted by molar-refractivity contribution is 0.0440. The van der Waals surface area contributed by atoms with Gasteiger partial charge in [-0.15, -0.1) is 0 Å². The van der Waals surface area contributed by atoms with Gasteiger partial charge in [0.1, 0.15) is 16.7 Å². The number of carboxylic acid groups (broad SMARTS) is 1. The molecule has 0 radical (unpaired) electrons. The Morgan fingerprint density at radius 1 is 0.941 bits per heavy atom. The summed E-state index contributed by atoms with van der Waals surface area (Å²) in [6.45, 7) is 0. The average molecular weight is 246 g/mol. The monoisotopic (exact) mass is 246 g/mol. The predicted molar refractivity (Wildman–Crippen MR) is 43.0 cm³/mol. The van der Waals surface area contributed by atoms with E-state index in [4.69, 9.17) is 5.11 Å². The van der Waals surface area contributed by atoms with E-state index in [0.717, 1.165) is 0 Å². The first-order valence-corrected chi connectivity index (χ1v) is 4.06. The first kappa shape index (κ1) is 11.1. The Bertz CT molecular complexity index is 593. The molecule has 1 heterocycles. The second-order valence-corrected chi connectivity index (χ2v) is 3.05. The number of carbonyl (C=O) groups is 3. The number of rotatable bonds is 1. The molecule has 0 bridgehead atoms. The molecular weight excluding hydrogens is 245 g/mol. The molecule has 0 aliphatic carbocycles. The zero-order valence-corrected chi connectivity index (χ0v) is 7.71. The van der Waals surface area contributed by atoms with E-state index in [1.54, 1.807) is 0 Å². The summed E-state index contributed by atoms with van der Waals surface area (Å²) in [5.41, 5.74) is -4.07. The van der Waals surface area contributed by atoms with E-state index in [2.05, 4.69) is 4.74 Å². The van der Waals surface area contributed by atoms with Crippen LogP contribution in [0.4, 0.5) is 13.2 Å². The first-order valence-electron chi connectivity index (χ1n) is 4.06. The molecule has 1 aromatic carbocycles. The van der Waals surface area contributed by atoms with Crippen LogP contribution in [0.3, 0.4) is 0 Å². The second kappa shape index (κ2) is 3.30. The number of carbonyl (C=O) groups excluding carboxylic acids is 2. The van der Waals surface area contributed by atoms with Gasteiger partial charge in [-0.1, -0.05) is 0 Å². The number of hydrogen-bond donors (Lipinski definition) is 1. The number of aromatic carboxylic acids is 1. The van der Waals surface area contributed by atoms with Crippen molar-refractivity contribution in [2.24, 2.45) is 0 Å². The number of ether oxygens (including phenoxy) is 1. The molecule has 17 heavy (non-hydrogen) atoms. The maximum atomic E-state index is 13.4.